The zero-order valence-corrected chi connectivity index (χ0v) is 13.9. The van der Waals surface area contributed by atoms with Crippen LogP contribution in [0, 0.1) is 0 Å². The molecule has 0 aliphatic carbocycles. The summed E-state index contributed by atoms with van der Waals surface area (Å²) in [5, 5.41) is 12.8. The number of anilines is 1. The van der Waals surface area contributed by atoms with Crippen molar-refractivity contribution < 1.29 is 14.3 Å². The number of furan rings is 1. The molecule has 1 heterocycles. The van der Waals surface area contributed by atoms with Crippen molar-refractivity contribution in [2.75, 3.05) is 5.32 Å². The molecule has 0 bridgehead atoms. The highest BCUT2D eigenvalue weighted by atomic mass is 35.5. The van der Waals surface area contributed by atoms with Gasteiger partial charge in [0, 0.05) is 21.8 Å². The van der Waals surface area contributed by atoms with Gasteiger partial charge in [-0.05, 0) is 54.6 Å². The van der Waals surface area contributed by atoms with E-state index < -0.39 is 0 Å². The number of aliphatic hydroxyl groups is 1. The van der Waals surface area contributed by atoms with Crippen LogP contribution in [0.15, 0.2) is 59.0 Å². The fraction of sp³-hybridized carbons (Fsp3) is 0.0556. The Bertz CT molecular complexity index is 872. The van der Waals surface area contributed by atoms with Crippen LogP contribution in [0.4, 0.5) is 5.69 Å². The number of aliphatic hydroxyl groups excluding tert-OH is 1. The number of nitrogens with one attached hydrogen (secondary N) is 1. The molecule has 0 saturated heterocycles. The Balaban J connectivity index is 1.79. The van der Waals surface area contributed by atoms with E-state index in [1.165, 1.54) is 0 Å². The first-order chi connectivity index (χ1) is 11.6. The quantitative estimate of drug-likeness (QED) is 0.687. The molecule has 1 aromatic heterocycles. The summed E-state index contributed by atoms with van der Waals surface area (Å²) >= 11 is 12.1. The van der Waals surface area contributed by atoms with Gasteiger partial charge in [0.15, 0.2) is 0 Å². The van der Waals surface area contributed by atoms with Crippen molar-refractivity contribution in [3.63, 3.8) is 0 Å². The molecule has 0 atom stereocenters. The van der Waals surface area contributed by atoms with Crippen LogP contribution in [0.2, 0.25) is 10.0 Å². The Kier molecular flexibility index (Phi) is 4.90. The highest BCUT2D eigenvalue weighted by Gasteiger charge is 2.11. The number of hydrogen-bond acceptors (Lipinski definition) is 3. The fourth-order valence-corrected chi connectivity index (χ4v) is 2.60. The number of halogens is 2. The number of rotatable bonds is 4. The highest BCUT2D eigenvalue weighted by Crippen LogP contribution is 2.31. The largest absolute Gasteiger partial charge is 0.459 e. The molecule has 0 aliphatic rings. The van der Waals surface area contributed by atoms with Crippen molar-refractivity contribution in [2.24, 2.45) is 0 Å². The molecule has 0 aliphatic heterocycles. The zero-order valence-electron chi connectivity index (χ0n) is 12.4. The molecule has 2 aromatic carbocycles. The summed E-state index contributed by atoms with van der Waals surface area (Å²) in [7, 11) is 0. The second kappa shape index (κ2) is 7.09. The third-order valence-corrected chi connectivity index (χ3v) is 3.98. The van der Waals surface area contributed by atoms with Gasteiger partial charge in [0.2, 0.25) is 0 Å². The summed E-state index contributed by atoms with van der Waals surface area (Å²) < 4.78 is 5.47. The minimum absolute atomic E-state index is 0.174. The van der Waals surface area contributed by atoms with Crippen molar-refractivity contribution in [2.45, 2.75) is 6.61 Å². The van der Waals surface area contributed by atoms with E-state index in [-0.39, 0.29) is 12.5 Å². The molecule has 0 radical (unpaired) electrons. The molecule has 0 spiro atoms. The van der Waals surface area contributed by atoms with E-state index in [1.807, 2.05) is 0 Å². The lowest BCUT2D eigenvalue weighted by Crippen LogP contribution is -2.11. The van der Waals surface area contributed by atoms with Gasteiger partial charge in [0.05, 0.1) is 5.02 Å². The molecule has 0 unspecified atom stereocenters. The van der Waals surface area contributed by atoms with Crippen molar-refractivity contribution in [1.29, 1.82) is 0 Å². The normalized spacial score (nSPS) is 10.6. The average molecular weight is 362 g/mol. The van der Waals surface area contributed by atoms with Crippen LogP contribution in [0.3, 0.4) is 0 Å². The maximum absolute atomic E-state index is 12.2. The zero-order chi connectivity index (χ0) is 17.1. The Hall–Kier alpha value is -2.27. The number of carbonyl (C=O) groups excluding carboxylic acids is 1. The minimum atomic E-state index is -0.254. The van der Waals surface area contributed by atoms with Crippen molar-refractivity contribution in [3.8, 4) is 11.3 Å². The lowest BCUT2D eigenvalue weighted by atomic mass is 10.1. The average Bonchev–Trinajstić information content (AvgIpc) is 3.04. The van der Waals surface area contributed by atoms with Gasteiger partial charge in [-0.1, -0.05) is 23.2 Å². The minimum Gasteiger partial charge on any atom is -0.459 e. The first kappa shape index (κ1) is 16.6. The Morgan fingerprint density at radius 3 is 2.42 bits per heavy atom. The summed E-state index contributed by atoms with van der Waals surface area (Å²) in [5.41, 5.74) is 1.75. The van der Waals surface area contributed by atoms with Crippen LogP contribution in [0.1, 0.15) is 16.1 Å². The first-order valence-electron chi connectivity index (χ1n) is 7.13. The predicted octanol–water partition coefficient (Wildman–Crippen LogP) is 5.00. The molecule has 1 amide bonds. The smallest absolute Gasteiger partial charge is 0.255 e. The van der Waals surface area contributed by atoms with Crippen LogP contribution >= 0.6 is 23.2 Å². The third-order valence-electron chi connectivity index (χ3n) is 3.42. The van der Waals surface area contributed by atoms with E-state index in [2.05, 4.69) is 5.32 Å². The van der Waals surface area contributed by atoms with E-state index in [1.54, 1.807) is 54.6 Å². The molecule has 0 saturated carbocycles. The van der Waals surface area contributed by atoms with Gasteiger partial charge < -0.3 is 14.8 Å². The maximum Gasteiger partial charge on any atom is 0.255 e. The fourth-order valence-electron chi connectivity index (χ4n) is 2.20. The molecule has 24 heavy (non-hydrogen) atoms. The van der Waals surface area contributed by atoms with Crippen LogP contribution in [0.5, 0.6) is 0 Å². The summed E-state index contributed by atoms with van der Waals surface area (Å²) in [6, 6.07) is 15.1. The molecule has 2 N–H and O–H groups in total. The van der Waals surface area contributed by atoms with E-state index in [4.69, 9.17) is 32.7 Å². The van der Waals surface area contributed by atoms with Crippen LogP contribution in [-0.2, 0) is 6.61 Å². The van der Waals surface area contributed by atoms with E-state index in [9.17, 15) is 4.79 Å². The van der Waals surface area contributed by atoms with Crippen molar-refractivity contribution in [3.05, 3.63) is 76.0 Å². The van der Waals surface area contributed by atoms with E-state index >= 15 is 0 Å². The highest BCUT2D eigenvalue weighted by molar-refractivity contribution is 6.33. The standard InChI is InChI=1S/C18H13Cl2NO3/c19-12-3-1-11(2-4-12)18(23)21-13-5-7-15(16(20)9-13)17-8-6-14(10-22)24-17/h1-9,22H,10H2,(H,21,23). The van der Waals surface area contributed by atoms with Gasteiger partial charge in [0.1, 0.15) is 18.1 Å². The lowest BCUT2D eigenvalue weighted by molar-refractivity contribution is 0.102. The number of benzene rings is 2. The van der Waals surface area contributed by atoms with Gasteiger partial charge >= 0.3 is 0 Å². The Labute approximate surface area is 148 Å². The van der Waals surface area contributed by atoms with Crippen LogP contribution in [0.25, 0.3) is 11.3 Å². The van der Waals surface area contributed by atoms with E-state index in [0.29, 0.717) is 38.4 Å². The van der Waals surface area contributed by atoms with Gasteiger partial charge in [-0.25, -0.2) is 0 Å². The molecule has 3 aromatic rings. The first-order valence-corrected chi connectivity index (χ1v) is 7.89. The molecular weight excluding hydrogens is 349 g/mol. The van der Waals surface area contributed by atoms with Crippen LogP contribution in [-0.4, -0.2) is 11.0 Å². The SMILES string of the molecule is O=C(Nc1ccc(-c2ccc(CO)o2)c(Cl)c1)c1ccc(Cl)cc1. The van der Waals surface area contributed by atoms with Crippen molar-refractivity contribution in [1.82, 2.24) is 0 Å². The molecule has 0 fully saturated rings. The molecule has 4 nitrogen and oxygen atoms in total. The molecule has 122 valence electrons. The summed E-state index contributed by atoms with van der Waals surface area (Å²) in [5.74, 6) is 0.761. The van der Waals surface area contributed by atoms with Gasteiger partial charge in [-0.2, -0.15) is 0 Å². The number of carbonyl (C=O) groups is 1. The van der Waals surface area contributed by atoms with Crippen molar-refractivity contribution >= 4 is 34.8 Å². The summed E-state index contributed by atoms with van der Waals surface area (Å²) in [4.78, 5) is 12.2. The van der Waals surface area contributed by atoms with Crippen LogP contribution < -0.4 is 5.32 Å². The van der Waals surface area contributed by atoms with Gasteiger partial charge in [-0.3, -0.25) is 4.79 Å². The Morgan fingerprint density at radius 2 is 1.79 bits per heavy atom. The molecular formula is C18H13Cl2NO3. The van der Waals surface area contributed by atoms with Gasteiger partial charge in [-0.15, -0.1) is 0 Å². The maximum atomic E-state index is 12.2. The number of hydrogen-bond donors (Lipinski definition) is 2. The number of amides is 1. The Morgan fingerprint density at radius 1 is 1.04 bits per heavy atom. The summed E-state index contributed by atoms with van der Waals surface area (Å²) in [6.07, 6.45) is 0. The third kappa shape index (κ3) is 3.62. The monoisotopic (exact) mass is 361 g/mol. The molecule has 3 rings (SSSR count). The molecule has 6 heteroatoms. The predicted molar refractivity (Wildman–Crippen MR) is 94.5 cm³/mol. The second-order valence-corrected chi connectivity index (χ2v) is 5.92. The summed E-state index contributed by atoms with van der Waals surface area (Å²) in [6.45, 7) is -0.174. The van der Waals surface area contributed by atoms with E-state index in [0.717, 1.165) is 0 Å². The topological polar surface area (TPSA) is 62.5 Å². The van der Waals surface area contributed by atoms with Gasteiger partial charge in [0.25, 0.3) is 5.91 Å². The second-order valence-electron chi connectivity index (χ2n) is 5.08. The lowest BCUT2D eigenvalue weighted by Gasteiger charge is -2.08.